The van der Waals surface area contributed by atoms with E-state index in [0.717, 1.165) is 16.2 Å². The molecule has 0 unspecified atom stereocenters. The number of carbonyl (C=O) groups is 3. The van der Waals surface area contributed by atoms with Crippen molar-refractivity contribution >= 4 is 51.0 Å². The molecule has 0 saturated heterocycles. The van der Waals surface area contributed by atoms with Gasteiger partial charge in [0, 0.05) is 11.1 Å². The third-order valence-corrected chi connectivity index (χ3v) is 6.35. The fraction of sp³-hybridized carbons (Fsp3) is 0.0303. The topological polar surface area (TPSA) is 96.3 Å². The van der Waals surface area contributed by atoms with Crippen molar-refractivity contribution in [1.82, 2.24) is 0 Å². The number of fused-ring (bicyclic) bond motifs is 2. The van der Waals surface area contributed by atoms with E-state index in [1.807, 2.05) is 66.7 Å². The number of carbonyl (C=O) groups excluding carboxylic acids is 3. The second kappa shape index (κ2) is 10.8. The molecule has 6 nitrogen and oxygen atoms in total. The van der Waals surface area contributed by atoms with Crippen LogP contribution >= 0.6 is 0 Å². The van der Waals surface area contributed by atoms with Crippen molar-refractivity contribution < 1.29 is 19.1 Å². The van der Waals surface area contributed by atoms with Gasteiger partial charge in [-0.15, -0.1) is 0 Å². The Hall–Kier alpha value is -5.54. The Morgan fingerprint density at radius 3 is 2.10 bits per heavy atom. The number of anilines is 1. The van der Waals surface area contributed by atoms with Crippen molar-refractivity contribution in [3.8, 4) is 11.8 Å². The van der Waals surface area contributed by atoms with Gasteiger partial charge in [0.05, 0.1) is 11.3 Å². The number of esters is 1. The molecule has 39 heavy (non-hydrogen) atoms. The summed E-state index contributed by atoms with van der Waals surface area (Å²) >= 11 is 0. The van der Waals surface area contributed by atoms with Crippen LogP contribution in [-0.2, 0) is 4.79 Å². The van der Waals surface area contributed by atoms with Crippen molar-refractivity contribution in [1.29, 1.82) is 5.26 Å². The molecule has 0 bridgehead atoms. The van der Waals surface area contributed by atoms with Gasteiger partial charge in [0.1, 0.15) is 17.4 Å². The number of nitrogens with zero attached hydrogens (tertiary/aromatic N) is 1. The first-order chi connectivity index (χ1) is 19.0. The van der Waals surface area contributed by atoms with Crippen LogP contribution in [0.1, 0.15) is 33.2 Å². The molecule has 0 aromatic heterocycles. The third kappa shape index (κ3) is 5.15. The molecule has 0 aliphatic rings. The van der Waals surface area contributed by atoms with E-state index >= 15 is 0 Å². The molecule has 0 aliphatic carbocycles. The minimum absolute atomic E-state index is 0.205. The lowest BCUT2D eigenvalue weighted by Gasteiger charge is -2.13. The number of benzene rings is 5. The highest BCUT2D eigenvalue weighted by Crippen LogP contribution is 2.32. The summed E-state index contributed by atoms with van der Waals surface area (Å²) in [7, 11) is 0. The zero-order chi connectivity index (χ0) is 27.4. The Balaban J connectivity index is 1.56. The number of hydrogen-bond donors (Lipinski definition) is 1. The third-order valence-electron chi connectivity index (χ3n) is 6.35. The summed E-state index contributed by atoms with van der Waals surface area (Å²) in [5, 5.41) is 15.8. The van der Waals surface area contributed by atoms with Crippen LogP contribution in [0.5, 0.6) is 5.75 Å². The summed E-state index contributed by atoms with van der Waals surface area (Å²) in [6.45, 7) is 1.40. The number of ether oxygens (including phenoxy) is 1. The molecule has 5 aromatic rings. The first kappa shape index (κ1) is 25.1. The van der Waals surface area contributed by atoms with Gasteiger partial charge in [-0.2, -0.15) is 5.26 Å². The van der Waals surface area contributed by atoms with E-state index in [1.54, 1.807) is 42.5 Å². The monoisotopic (exact) mass is 510 g/mol. The number of amides is 1. The quantitative estimate of drug-likeness (QED) is 0.0876. The Morgan fingerprint density at radius 2 is 1.36 bits per heavy atom. The minimum atomic E-state index is -0.689. The molecular weight excluding hydrogens is 488 g/mol. The largest absolute Gasteiger partial charge is 0.422 e. The number of ketones is 1. The fourth-order valence-corrected chi connectivity index (χ4v) is 4.45. The highest BCUT2D eigenvalue weighted by Gasteiger charge is 2.19. The van der Waals surface area contributed by atoms with Crippen molar-refractivity contribution in [3.63, 3.8) is 0 Å². The molecule has 1 N–H and O–H groups in total. The maximum atomic E-state index is 13.3. The minimum Gasteiger partial charge on any atom is -0.422 e. The van der Waals surface area contributed by atoms with E-state index in [1.165, 1.54) is 13.0 Å². The number of rotatable bonds is 6. The zero-order valence-corrected chi connectivity index (χ0v) is 21.0. The van der Waals surface area contributed by atoms with Crippen molar-refractivity contribution in [2.24, 2.45) is 0 Å². The molecule has 5 aromatic carbocycles. The maximum absolute atomic E-state index is 13.3. The second-order valence-corrected chi connectivity index (χ2v) is 8.84. The van der Waals surface area contributed by atoms with Crippen molar-refractivity contribution in [2.45, 2.75) is 6.92 Å². The summed E-state index contributed by atoms with van der Waals surface area (Å²) in [6.07, 6.45) is 1.40. The molecule has 0 saturated carbocycles. The number of para-hydroxylation sites is 1. The Labute approximate surface area is 224 Å². The van der Waals surface area contributed by atoms with E-state index in [2.05, 4.69) is 5.32 Å². The van der Waals surface area contributed by atoms with Crippen LogP contribution in [0.3, 0.4) is 0 Å². The van der Waals surface area contributed by atoms with E-state index in [-0.39, 0.29) is 17.1 Å². The first-order valence-electron chi connectivity index (χ1n) is 12.2. The lowest BCUT2D eigenvalue weighted by atomic mass is 10.0. The normalized spacial score (nSPS) is 11.1. The van der Waals surface area contributed by atoms with Gasteiger partial charge in [-0.25, -0.2) is 4.79 Å². The molecule has 0 heterocycles. The lowest BCUT2D eigenvalue weighted by molar-refractivity contribution is -0.112. The van der Waals surface area contributed by atoms with E-state index in [0.29, 0.717) is 27.8 Å². The predicted molar refractivity (Wildman–Crippen MR) is 152 cm³/mol. The van der Waals surface area contributed by atoms with Crippen molar-refractivity contribution in [2.75, 3.05) is 5.32 Å². The number of nitriles is 1. The van der Waals surface area contributed by atoms with Crippen LogP contribution in [0.2, 0.25) is 0 Å². The van der Waals surface area contributed by atoms with Crippen molar-refractivity contribution in [3.05, 3.63) is 125 Å². The average Bonchev–Trinajstić information content (AvgIpc) is 2.96. The number of hydrogen-bond acceptors (Lipinski definition) is 5. The molecule has 5 rings (SSSR count). The molecule has 0 aliphatic heterocycles. The SMILES string of the molecule is CC(=O)c1ccccc1NC(=O)/C(C#N)=C\c1c(OC(=O)c2cccc3ccccc23)ccc2ccccc12. The summed E-state index contributed by atoms with van der Waals surface area (Å²) in [4.78, 5) is 38.5. The second-order valence-electron chi connectivity index (χ2n) is 8.84. The smallest absolute Gasteiger partial charge is 0.344 e. The van der Waals surface area contributed by atoms with Gasteiger partial charge in [0.15, 0.2) is 5.78 Å². The Kier molecular flexibility index (Phi) is 6.98. The summed E-state index contributed by atoms with van der Waals surface area (Å²) in [5.41, 5.74) is 1.23. The lowest BCUT2D eigenvalue weighted by Crippen LogP contribution is -2.16. The maximum Gasteiger partial charge on any atom is 0.344 e. The van der Waals surface area contributed by atoms with Gasteiger partial charge >= 0.3 is 5.97 Å². The van der Waals surface area contributed by atoms with Gasteiger partial charge in [-0.3, -0.25) is 9.59 Å². The fourth-order valence-electron chi connectivity index (χ4n) is 4.45. The summed E-state index contributed by atoms with van der Waals surface area (Å²) in [6, 6.07) is 32.3. The number of nitrogens with one attached hydrogen (secondary N) is 1. The van der Waals surface area contributed by atoms with Crippen LogP contribution in [0.15, 0.2) is 109 Å². The molecule has 0 spiro atoms. The molecule has 0 fully saturated rings. The van der Waals surface area contributed by atoms with Crippen LogP contribution in [0, 0.1) is 11.3 Å². The van der Waals surface area contributed by atoms with Gasteiger partial charge in [0.2, 0.25) is 0 Å². The summed E-state index contributed by atoms with van der Waals surface area (Å²) < 4.78 is 5.87. The van der Waals surface area contributed by atoms with Crippen LogP contribution in [0.4, 0.5) is 5.69 Å². The standard InChI is InChI=1S/C33H22N2O4/c1-21(36)25-12-6-7-16-30(25)35-32(37)24(20-34)19-29-27-14-5-3-10-23(27)17-18-31(29)39-33(38)28-15-8-11-22-9-2-4-13-26(22)28/h2-19H,1H3,(H,35,37)/b24-19-. The zero-order valence-electron chi connectivity index (χ0n) is 21.0. The molecular formula is C33H22N2O4. The van der Waals surface area contributed by atoms with E-state index in [4.69, 9.17) is 4.74 Å². The summed E-state index contributed by atoms with van der Waals surface area (Å²) in [5.74, 6) is -1.26. The van der Waals surface area contributed by atoms with Crippen LogP contribution < -0.4 is 10.1 Å². The molecule has 188 valence electrons. The van der Waals surface area contributed by atoms with Crippen LogP contribution in [0.25, 0.3) is 27.6 Å². The predicted octanol–water partition coefficient (Wildman–Crippen LogP) is 6.96. The van der Waals surface area contributed by atoms with Gasteiger partial charge in [0.25, 0.3) is 5.91 Å². The first-order valence-corrected chi connectivity index (χ1v) is 12.2. The van der Waals surface area contributed by atoms with E-state index < -0.39 is 11.9 Å². The Bertz CT molecular complexity index is 1840. The molecule has 0 radical (unpaired) electrons. The molecule has 1 amide bonds. The van der Waals surface area contributed by atoms with Crippen LogP contribution in [-0.4, -0.2) is 17.7 Å². The molecule has 0 atom stereocenters. The molecule has 6 heteroatoms. The van der Waals surface area contributed by atoms with Gasteiger partial charge < -0.3 is 10.1 Å². The highest BCUT2D eigenvalue weighted by molar-refractivity contribution is 6.14. The van der Waals surface area contributed by atoms with Gasteiger partial charge in [-0.1, -0.05) is 78.9 Å². The number of Topliss-reactive ketones (excluding diaryl/α,β-unsaturated/α-hetero) is 1. The highest BCUT2D eigenvalue weighted by atomic mass is 16.5. The average molecular weight is 511 g/mol. The van der Waals surface area contributed by atoms with Gasteiger partial charge in [-0.05, 0) is 58.8 Å². The Morgan fingerprint density at radius 1 is 0.744 bits per heavy atom. The van der Waals surface area contributed by atoms with E-state index in [9.17, 15) is 19.6 Å².